The summed E-state index contributed by atoms with van der Waals surface area (Å²) < 4.78 is 5.66. The van der Waals surface area contributed by atoms with Gasteiger partial charge < -0.3 is 15.8 Å². The highest BCUT2D eigenvalue weighted by atomic mass is 35.5. The summed E-state index contributed by atoms with van der Waals surface area (Å²) in [4.78, 5) is 12.1. The number of aryl methyl sites for hydroxylation is 1. The molecule has 110 valence electrons. The number of rotatable bonds is 4. The van der Waals surface area contributed by atoms with E-state index in [0.717, 1.165) is 5.56 Å². The zero-order valence-electron chi connectivity index (χ0n) is 11.9. The number of nitrogens with two attached hydrogens (primary N) is 1. The van der Waals surface area contributed by atoms with E-state index in [0.29, 0.717) is 22.1 Å². The van der Waals surface area contributed by atoms with Crippen LogP contribution in [0.4, 0.5) is 11.4 Å². The van der Waals surface area contributed by atoms with Crippen LogP contribution in [0.3, 0.4) is 0 Å². The van der Waals surface area contributed by atoms with E-state index in [9.17, 15) is 4.79 Å². The molecule has 2 aromatic rings. The highest BCUT2D eigenvalue weighted by molar-refractivity contribution is 6.34. The monoisotopic (exact) mass is 304 g/mol. The van der Waals surface area contributed by atoms with Crippen LogP contribution in [0.15, 0.2) is 42.5 Å². The quantitative estimate of drug-likeness (QED) is 0.848. The molecule has 3 N–H and O–H groups in total. The summed E-state index contributed by atoms with van der Waals surface area (Å²) in [5.41, 5.74) is 7.64. The molecule has 2 aromatic carbocycles. The summed E-state index contributed by atoms with van der Waals surface area (Å²) in [5.74, 6) is 0.411. The average Bonchev–Trinajstić information content (AvgIpc) is 2.44. The molecule has 21 heavy (non-hydrogen) atoms. The minimum Gasteiger partial charge on any atom is -0.481 e. The highest BCUT2D eigenvalue weighted by Crippen LogP contribution is 2.24. The van der Waals surface area contributed by atoms with Crippen molar-refractivity contribution in [2.75, 3.05) is 11.1 Å². The predicted molar refractivity (Wildman–Crippen MR) is 85.8 cm³/mol. The van der Waals surface area contributed by atoms with Crippen molar-refractivity contribution < 1.29 is 9.53 Å². The number of nitrogens with one attached hydrogen (secondary N) is 1. The molecule has 0 aliphatic rings. The molecule has 0 saturated heterocycles. The lowest BCUT2D eigenvalue weighted by Crippen LogP contribution is -2.30. The number of carbonyl (C=O) groups excluding carboxylic acids is 1. The zero-order valence-corrected chi connectivity index (χ0v) is 12.6. The van der Waals surface area contributed by atoms with Crippen LogP contribution < -0.4 is 15.8 Å². The van der Waals surface area contributed by atoms with Crippen molar-refractivity contribution in [2.45, 2.75) is 20.0 Å². The fraction of sp³-hybridized carbons (Fsp3) is 0.188. The van der Waals surface area contributed by atoms with E-state index in [1.54, 1.807) is 25.1 Å². The molecular weight excluding hydrogens is 288 g/mol. The molecule has 0 bridgehead atoms. The second-order valence-electron chi connectivity index (χ2n) is 4.75. The number of amides is 1. The first-order chi connectivity index (χ1) is 9.97. The van der Waals surface area contributed by atoms with Crippen molar-refractivity contribution in [3.8, 4) is 5.75 Å². The van der Waals surface area contributed by atoms with Gasteiger partial charge in [0.15, 0.2) is 6.10 Å². The second-order valence-corrected chi connectivity index (χ2v) is 5.16. The van der Waals surface area contributed by atoms with Gasteiger partial charge in [-0.25, -0.2) is 0 Å². The molecule has 0 aliphatic carbocycles. The summed E-state index contributed by atoms with van der Waals surface area (Å²) in [6.07, 6.45) is -0.639. The lowest BCUT2D eigenvalue weighted by molar-refractivity contribution is -0.122. The normalized spacial score (nSPS) is 11.8. The van der Waals surface area contributed by atoms with Gasteiger partial charge in [0.05, 0.1) is 10.7 Å². The fourth-order valence-electron chi connectivity index (χ4n) is 1.80. The van der Waals surface area contributed by atoms with Gasteiger partial charge in [-0.05, 0) is 43.7 Å². The Morgan fingerprint density at radius 3 is 2.67 bits per heavy atom. The van der Waals surface area contributed by atoms with Crippen LogP contribution in [-0.2, 0) is 4.79 Å². The lowest BCUT2D eigenvalue weighted by Gasteiger charge is -2.16. The topological polar surface area (TPSA) is 64.3 Å². The van der Waals surface area contributed by atoms with Crippen LogP contribution >= 0.6 is 11.6 Å². The first-order valence-electron chi connectivity index (χ1n) is 6.55. The van der Waals surface area contributed by atoms with Gasteiger partial charge in [-0.15, -0.1) is 0 Å². The number of anilines is 2. The van der Waals surface area contributed by atoms with Gasteiger partial charge in [0.25, 0.3) is 5.91 Å². The number of benzene rings is 2. The standard InChI is InChI=1S/C16H17ClN2O2/c1-10-5-3-4-6-15(10)21-11(2)16(20)19-14-8-7-12(18)9-13(14)17/h3-9,11H,18H2,1-2H3,(H,19,20). The van der Waals surface area contributed by atoms with Crippen molar-refractivity contribution in [3.05, 3.63) is 53.1 Å². The Morgan fingerprint density at radius 2 is 2.00 bits per heavy atom. The molecule has 0 fully saturated rings. The maximum absolute atomic E-state index is 12.1. The van der Waals surface area contributed by atoms with E-state index < -0.39 is 6.10 Å². The van der Waals surface area contributed by atoms with Gasteiger partial charge in [-0.2, -0.15) is 0 Å². The maximum Gasteiger partial charge on any atom is 0.265 e. The van der Waals surface area contributed by atoms with Gasteiger partial charge in [0.2, 0.25) is 0 Å². The van der Waals surface area contributed by atoms with E-state index in [2.05, 4.69) is 5.32 Å². The largest absolute Gasteiger partial charge is 0.481 e. The van der Waals surface area contributed by atoms with Crippen LogP contribution in [0, 0.1) is 6.92 Å². The zero-order chi connectivity index (χ0) is 15.4. The van der Waals surface area contributed by atoms with Gasteiger partial charge >= 0.3 is 0 Å². The molecule has 1 atom stereocenters. The highest BCUT2D eigenvalue weighted by Gasteiger charge is 2.16. The number of carbonyl (C=O) groups is 1. The Hall–Kier alpha value is -2.20. The van der Waals surface area contributed by atoms with Gasteiger partial charge in [-0.3, -0.25) is 4.79 Å². The second kappa shape index (κ2) is 6.50. The van der Waals surface area contributed by atoms with Crippen molar-refractivity contribution in [2.24, 2.45) is 0 Å². The Balaban J connectivity index is 2.04. The van der Waals surface area contributed by atoms with Crippen LogP contribution in [-0.4, -0.2) is 12.0 Å². The summed E-state index contributed by atoms with van der Waals surface area (Å²) >= 11 is 6.03. The summed E-state index contributed by atoms with van der Waals surface area (Å²) in [7, 11) is 0. The third kappa shape index (κ3) is 3.89. The van der Waals surface area contributed by atoms with E-state index >= 15 is 0 Å². The SMILES string of the molecule is Cc1ccccc1OC(C)C(=O)Nc1ccc(N)cc1Cl. The molecule has 0 aliphatic heterocycles. The van der Waals surface area contributed by atoms with Crippen molar-refractivity contribution in [1.82, 2.24) is 0 Å². The number of nitrogen functional groups attached to an aromatic ring is 1. The Labute approximate surface area is 128 Å². The van der Waals surface area contributed by atoms with Gasteiger partial charge in [0, 0.05) is 5.69 Å². The van der Waals surface area contributed by atoms with Gasteiger partial charge in [0.1, 0.15) is 5.75 Å². The molecule has 0 heterocycles. The van der Waals surface area contributed by atoms with E-state index in [1.807, 2.05) is 31.2 Å². The summed E-state index contributed by atoms with van der Waals surface area (Å²) in [5, 5.41) is 3.12. The molecule has 5 heteroatoms. The summed E-state index contributed by atoms with van der Waals surface area (Å²) in [6, 6.07) is 12.5. The van der Waals surface area contributed by atoms with Crippen LogP contribution in [0.1, 0.15) is 12.5 Å². The molecule has 1 amide bonds. The number of halogens is 1. The number of para-hydroxylation sites is 1. The third-order valence-electron chi connectivity index (χ3n) is 3.02. The van der Waals surface area contributed by atoms with E-state index in [-0.39, 0.29) is 5.91 Å². The Bertz CT molecular complexity index is 658. The van der Waals surface area contributed by atoms with Gasteiger partial charge in [-0.1, -0.05) is 29.8 Å². The van der Waals surface area contributed by atoms with Crippen molar-refractivity contribution >= 4 is 28.9 Å². The van der Waals surface area contributed by atoms with Crippen LogP contribution in [0.5, 0.6) is 5.75 Å². The first-order valence-corrected chi connectivity index (χ1v) is 6.93. The average molecular weight is 305 g/mol. The molecule has 0 saturated carbocycles. The van der Waals surface area contributed by atoms with Crippen LogP contribution in [0.25, 0.3) is 0 Å². The van der Waals surface area contributed by atoms with E-state index in [4.69, 9.17) is 22.1 Å². The molecule has 0 aromatic heterocycles. The van der Waals surface area contributed by atoms with E-state index in [1.165, 1.54) is 0 Å². The fourth-order valence-corrected chi connectivity index (χ4v) is 2.04. The van der Waals surface area contributed by atoms with Crippen LogP contribution in [0.2, 0.25) is 5.02 Å². The molecular formula is C16H17ClN2O2. The molecule has 4 nitrogen and oxygen atoms in total. The third-order valence-corrected chi connectivity index (χ3v) is 3.33. The molecule has 2 rings (SSSR count). The molecule has 1 unspecified atom stereocenters. The molecule has 0 radical (unpaired) electrons. The summed E-state index contributed by atoms with van der Waals surface area (Å²) in [6.45, 7) is 3.61. The number of hydrogen-bond donors (Lipinski definition) is 2. The Morgan fingerprint density at radius 1 is 1.29 bits per heavy atom. The maximum atomic E-state index is 12.1. The minimum atomic E-state index is -0.639. The first kappa shape index (κ1) is 15.2. The number of ether oxygens (including phenoxy) is 1. The number of hydrogen-bond acceptors (Lipinski definition) is 3. The minimum absolute atomic E-state index is 0.273. The smallest absolute Gasteiger partial charge is 0.265 e. The molecule has 0 spiro atoms. The Kier molecular flexibility index (Phi) is 4.70. The van der Waals surface area contributed by atoms with Crippen molar-refractivity contribution in [3.63, 3.8) is 0 Å². The predicted octanol–water partition coefficient (Wildman–Crippen LogP) is 3.64. The van der Waals surface area contributed by atoms with Crippen molar-refractivity contribution in [1.29, 1.82) is 0 Å². The lowest BCUT2D eigenvalue weighted by atomic mass is 10.2.